The Labute approximate surface area is 221 Å². The maximum Gasteiger partial charge on any atom is 0.410 e. The number of nitrogens with one attached hydrogen (secondary N) is 1. The molecule has 0 aromatic heterocycles. The molecule has 1 unspecified atom stereocenters. The van der Waals surface area contributed by atoms with Gasteiger partial charge in [-0.2, -0.15) is 0 Å². The van der Waals surface area contributed by atoms with Crippen LogP contribution < -0.4 is 14.8 Å². The first-order valence-electron chi connectivity index (χ1n) is 13.1. The van der Waals surface area contributed by atoms with Crippen molar-refractivity contribution in [2.24, 2.45) is 0 Å². The van der Waals surface area contributed by atoms with E-state index >= 15 is 0 Å². The van der Waals surface area contributed by atoms with Crippen molar-refractivity contribution in [1.29, 1.82) is 0 Å². The number of nitrogens with zero attached hydrogens (tertiary/aromatic N) is 1. The van der Waals surface area contributed by atoms with Gasteiger partial charge in [0.1, 0.15) is 17.1 Å². The summed E-state index contributed by atoms with van der Waals surface area (Å²) in [6.07, 6.45) is 1.65. The summed E-state index contributed by atoms with van der Waals surface area (Å²) in [4.78, 5) is 14.5. The molecule has 1 N–H and O–H groups in total. The Hall–Kier alpha value is -3.67. The minimum Gasteiger partial charge on any atom is -0.497 e. The molecular formula is C31H40N2O4. The summed E-state index contributed by atoms with van der Waals surface area (Å²) >= 11 is 0. The SMILES string of the molecule is CC.COc1ccc(Oc2cc(-c3ccccc3)ccc2NCC2CCCN2C(=O)OC(C)(C)C)cc1. The smallest absolute Gasteiger partial charge is 0.410 e. The molecule has 1 atom stereocenters. The maximum absolute atomic E-state index is 12.7. The fourth-order valence-electron chi connectivity index (χ4n) is 4.17. The van der Waals surface area contributed by atoms with E-state index in [4.69, 9.17) is 14.2 Å². The standard InChI is InChI=1S/C29H34N2O4.C2H6/c1-29(2,3)35-28(32)31-18-8-11-23(31)20-30-26-17-12-22(21-9-6-5-7-10-21)19-27(26)34-25-15-13-24(33-4)14-16-25;1-2/h5-7,9-10,12-17,19,23,30H,8,11,18,20H2,1-4H3;1-2H3. The van der Waals surface area contributed by atoms with Crippen molar-refractivity contribution in [2.75, 3.05) is 25.5 Å². The van der Waals surface area contributed by atoms with Gasteiger partial charge in [-0.25, -0.2) is 4.79 Å². The summed E-state index contributed by atoms with van der Waals surface area (Å²) in [6, 6.07) is 24.0. The Morgan fingerprint density at radius 3 is 2.27 bits per heavy atom. The van der Waals surface area contributed by atoms with Crippen molar-refractivity contribution in [3.8, 4) is 28.4 Å². The molecule has 0 spiro atoms. The van der Waals surface area contributed by atoms with Gasteiger partial charge in [0, 0.05) is 13.1 Å². The fraction of sp³-hybridized carbons (Fsp3) is 0.387. The van der Waals surface area contributed by atoms with E-state index in [0.29, 0.717) is 13.1 Å². The zero-order chi connectivity index (χ0) is 26.8. The number of amides is 1. The highest BCUT2D eigenvalue weighted by molar-refractivity contribution is 5.72. The second-order valence-electron chi connectivity index (χ2n) is 9.71. The van der Waals surface area contributed by atoms with E-state index in [0.717, 1.165) is 46.9 Å². The number of methoxy groups -OCH3 is 1. The van der Waals surface area contributed by atoms with E-state index < -0.39 is 5.60 Å². The lowest BCUT2D eigenvalue weighted by Gasteiger charge is -2.29. The molecule has 6 heteroatoms. The van der Waals surface area contributed by atoms with Gasteiger partial charge in [-0.1, -0.05) is 50.2 Å². The lowest BCUT2D eigenvalue weighted by molar-refractivity contribution is 0.0235. The number of hydrogen-bond donors (Lipinski definition) is 1. The van der Waals surface area contributed by atoms with Crippen LogP contribution in [0.4, 0.5) is 10.5 Å². The van der Waals surface area contributed by atoms with Crippen molar-refractivity contribution < 1.29 is 19.0 Å². The monoisotopic (exact) mass is 504 g/mol. The molecule has 1 aliphatic rings. The number of benzene rings is 3. The van der Waals surface area contributed by atoms with Crippen LogP contribution >= 0.6 is 0 Å². The van der Waals surface area contributed by atoms with Gasteiger partial charge in [0.15, 0.2) is 5.75 Å². The third-order valence-corrected chi connectivity index (χ3v) is 5.91. The number of carbonyl (C=O) groups excluding carboxylic acids is 1. The average Bonchev–Trinajstić information content (AvgIpc) is 3.38. The zero-order valence-electron chi connectivity index (χ0n) is 22.9. The lowest BCUT2D eigenvalue weighted by atomic mass is 10.0. The molecule has 1 aliphatic heterocycles. The fourth-order valence-corrected chi connectivity index (χ4v) is 4.17. The van der Waals surface area contributed by atoms with Gasteiger partial charge in [-0.15, -0.1) is 0 Å². The van der Waals surface area contributed by atoms with Gasteiger partial charge < -0.3 is 24.4 Å². The van der Waals surface area contributed by atoms with Crippen LogP contribution in [0.15, 0.2) is 72.8 Å². The number of hydrogen-bond acceptors (Lipinski definition) is 5. The highest BCUT2D eigenvalue weighted by atomic mass is 16.6. The minimum absolute atomic E-state index is 0.0625. The van der Waals surface area contributed by atoms with Crippen LogP contribution in [0.1, 0.15) is 47.5 Å². The van der Waals surface area contributed by atoms with Crippen LogP contribution in [0, 0.1) is 0 Å². The van der Waals surface area contributed by atoms with Crippen molar-refractivity contribution in [1.82, 2.24) is 4.90 Å². The van der Waals surface area contributed by atoms with Crippen molar-refractivity contribution in [3.05, 3.63) is 72.8 Å². The Bertz CT molecular complexity index is 1120. The molecular weight excluding hydrogens is 464 g/mol. The normalized spacial score (nSPS) is 14.9. The van der Waals surface area contributed by atoms with Crippen LogP contribution in [-0.4, -0.2) is 42.8 Å². The van der Waals surface area contributed by atoms with Crippen molar-refractivity contribution in [2.45, 2.75) is 59.1 Å². The van der Waals surface area contributed by atoms with Crippen LogP contribution in [0.5, 0.6) is 17.2 Å². The Balaban J connectivity index is 0.00000186. The molecule has 37 heavy (non-hydrogen) atoms. The molecule has 1 heterocycles. The Kier molecular flexibility index (Phi) is 9.84. The quantitative estimate of drug-likeness (QED) is 0.353. The molecule has 0 radical (unpaired) electrons. The van der Waals surface area contributed by atoms with Gasteiger partial charge in [0.05, 0.1) is 18.8 Å². The summed E-state index contributed by atoms with van der Waals surface area (Å²) in [7, 11) is 1.64. The van der Waals surface area contributed by atoms with E-state index in [-0.39, 0.29) is 12.1 Å². The second kappa shape index (κ2) is 13.0. The van der Waals surface area contributed by atoms with Gasteiger partial charge in [0.2, 0.25) is 0 Å². The number of anilines is 1. The molecule has 1 fully saturated rings. The molecule has 4 rings (SSSR count). The minimum atomic E-state index is -0.510. The van der Waals surface area contributed by atoms with Crippen LogP contribution in [0.25, 0.3) is 11.1 Å². The predicted octanol–water partition coefficient (Wildman–Crippen LogP) is 7.99. The van der Waals surface area contributed by atoms with Crippen molar-refractivity contribution in [3.63, 3.8) is 0 Å². The van der Waals surface area contributed by atoms with Crippen LogP contribution in [0.2, 0.25) is 0 Å². The van der Waals surface area contributed by atoms with Gasteiger partial charge in [-0.3, -0.25) is 0 Å². The first kappa shape index (κ1) is 27.9. The molecule has 3 aromatic rings. The molecule has 0 aliphatic carbocycles. The topological polar surface area (TPSA) is 60.0 Å². The van der Waals surface area contributed by atoms with E-state index in [9.17, 15) is 4.79 Å². The third-order valence-electron chi connectivity index (χ3n) is 5.91. The first-order valence-corrected chi connectivity index (χ1v) is 13.1. The second-order valence-corrected chi connectivity index (χ2v) is 9.71. The predicted molar refractivity (Wildman–Crippen MR) is 151 cm³/mol. The van der Waals surface area contributed by atoms with E-state index in [1.807, 2.05) is 94.1 Å². The summed E-state index contributed by atoms with van der Waals surface area (Å²) in [6.45, 7) is 11.0. The Morgan fingerprint density at radius 1 is 0.946 bits per heavy atom. The Morgan fingerprint density at radius 2 is 1.62 bits per heavy atom. The number of rotatable bonds is 7. The lowest BCUT2D eigenvalue weighted by Crippen LogP contribution is -2.42. The molecule has 0 bridgehead atoms. The largest absolute Gasteiger partial charge is 0.497 e. The zero-order valence-corrected chi connectivity index (χ0v) is 22.9. The highest BCUT2D eigenvalue weighted by Crippen LogP contribution is 2.35. The number of ether oxygens (including phenoxy) is 3. The molecule has 0 saturated carbocycles. The van der Waals surface area contributed by atoms with E-state index in [1.54, 1.807) is 7.11 Å². The summed E-state index contributed by atoms with van der Waals surface area (Å²) in [5, 5.41) is 3.53. The highest BCUT2D eigenvalue weighted by Gasteiger charge is 2.32. The summed E-state index contributed by atoms with van der Waals surface area (Å²) < 4.78 is 17.2. The van der Waals surface area contributed by atoms with Crippen LogP contribution in [-0.2, 0) is 4.74 Å². The van der Waals surface area contributed by atoms with Gasteiger partial charge in [-0.05, 0) is 81.1 Å². The van der Waals surface area contributed by atoms with Gasteiger partial charge in [0.25, 0.3) is 0 Å². The van der Waals surface area contributed by atoms with E-state index in [2.05, 4.69) is 23.5 Å². The molecule has 6 nitrogen and oxygen atoms in total. The molecule has 1 saturated heterocycles. The molecule has 198 valence electrons. The third kappa shape index (κ3) is 7.91. The van der Waals surface area contributed by atoms with Gasteiger partial charge >= 0.3 is 6.09 Å². The summed E-state index contributed by atoms with van der Waals surface area (Å²) in [5.74, 6) is 2.21. The summed E-state index contributed by atoms with van der Waals surface area (Å²) in [5.41, 5.74) is 2.54. The van der Waals surface area contributed by atoms with Crippen molar-refractivity contribution >= 4 is 11.8 Å². The first-order chi connectivity index (χ1) is 17.8. The molecule has 1 amide bonds. The van der Waals surface area contributed by atoms with Crippen LogP contribution in [0.3, 0.4) is 0 Å². The van der Waals surface area contributed by atoms with E-state index in [1.165, 1.54) is 0 Å². The number of carbonyl (C=O) groups is 1. The molecule has 3 aromatic carbocycles. The average molecular weight is 505 g/mol. The number of likely N-dealkylation sites (tertiary alicyclic amines) is 1. The maximum atomic E-state index is 12.7.